The van der Waals surface area contributed by atoms with Crippen molar-refractivity contribution in [2.24, 2.45) is 0 Å². The van der Waals surface area contributed by atoms with Crippen LogP contribution in [0.1, 0.15) is 33.6 Å². The second-order valence-corrected chi connectivity index (χ2v) is 3.13. The van der Waals surface area contributed by atoms with Crippen LogP contribution in [-0.2, 0) is 14.3 Å². The first-order valence-corrected chi connectivity index (χ1v) is 4.65. The molecule has 0 aliphatic rings. The van der Waals surface area contributed by atoms with Crippen molar-refractivity contribution in [3.8, 4) is 12.3 Å². The zero-order valence-corrected chi connectivity index (χ0v) is 9.63. The van der Waals surface area contributed by atoms with E-state index in [1.54, 1.807) is 6.92 Å². The predicted molar refractivity (Wildman–Crippen MR) is 60.2 cm³/mol. The maximum Gasteiger partial charge on any atom is 0.333 e. The van der Waals surface area contributed by atoms with Crippen molar-refractivity contribution in [1.82, 2.24) is 0 Å². The van der Waals surface area contributed by atoms with Gasteiger partial charge in [-0.3, -0.25) is 0 Å². The first-order valence-electron chi connectivity index (χ1n) is 4.65. The molecule has 3 heteroatoms. The molecule has 0 aromatic heterocycles. The highest BCUT2D eigenvalue weighted by Gasteiger charge is 2.00. The number of hydrogen-bond donors (Lipinski definition) is 0. The zero-order valence-electron chi connectivity index (χ0n) is 9.63. The van der Waals surface area contributed by atoms with E-state index in [0.717, 1.165) is 6.42 Å². The first-order chi connectivity index (χ1) is 6.91. The van der Waals surface area contributed by atoms with Gasteiger partial charge in [-0.2, -0.15) is 0 Å². The fourth-order valence-electron chi connectivity index (χ4n) is 0.462. The number of carbonyl (C=O) groups is 2. The largest absolute Gasteiger partial charge is 0.462 e. The van der Waals surface area contributed by atoms with Crippen molar-refractivity contribution < 1.29 is 14.3 Å². The third-order valence-corrected chi connectivity index (χ3v) is 1.05. The summed E-state index contributed by atoms with van der Waals surface area (Å²) in [5.41, 5.74) is 0.422. The van der Waals surface area contributed by atoms with Crippen molar-refractivity contribution in [2.75, 3.05) is 6.61 Å². The van der Waals surface area contributed by atoms with Crippen molar-refractivity contribution in [3.05, 3.63) is 12.2 Å². The number of hydrogen-bond acceptors (Lipinski definition) is 3. The van der Waals surface area contributed by atoms with Crippen LogP contribution in [-0.4, -0.2) is 18.4 Å². The fourth-order valence-corrected chi connectivity index (χ4v) is 0.462. The van der Waals surface area contributed by atoms with Gasteiger partial charge in [0.05, 0.1) is 6.61 Å². The molecule has 0 aliphatic carbocycles. The second-order valence-electron chi connectivity index (χ2n) is 3.13. The zero-order chi connectivity index (χ0) is 12.3. The minimum atomic E-state index is -0.345. The van der Waals surface area contributed by atoms with E-state index in [1.807, 2.05) is 0 Å². The molecule has 0 rings (SSSR count). The van der Waals surface area contributed by atoms with Crippen molar-refractivity contribution in [1.29, 1.82) is 0 Å². The highest BCUT2D eigenvalue weighted by Crippen LogP contribution is 1.94. The van der Waals surface area contributed by atoms with Crippen LogP contribution in [0.3, 0.4) is 0 Å². The van der Waals surface area contributed by atoms with Gasteiger partial charge in [0.1, 0.15) is 5.78 Å². The summed E-state index contributed by atoms with van der Waals surface area (Å²) in [5, 5.41) is 0. The standard InChI is InChI=1S/C9H12O2.C3H6O/c1-4-5-6-7-11-9(10)8(2)3;1-3(2)4/h1H,2,5-7H2,3H3;1-2H3. The molecule has 0 N–H and O–H groups in total. The van der Waals surface area contributed by atoms with Crippen LogP contribution in [0.15, 0.2) is 12.2 Å². The van der Waals surface area contributed by atoms with Crippen LogP contribution in [0, 0.1) is 12.3 Å². The van der Waals surface area contributed by atoms with E-state index in [4.69, 9.17) is 11.2 Å². The average Bonchev–Trinajstić information content (AvgIpc) is 2.11. The molecular weight excluding hydrogens is 192 g/mol. The molecule has 15 heavy (non-hydrogen) atoms. The Labute approximate surface area is 91.5 Å². The quantitative estimate of drug-likeness (QED) is 0.309. The number of carbonyl (C=O) groups excluding carboxylic acids is 2. The Bertz CT molecular complexity index is 255. The van der Waals surface area contributed by atoms with Crippen LogP contribution < -0.4 is 0 Å². The third-order valence-electron chi connectivity index (χ3n) is 1.05. The van der Waals surface area contributed by atoms with Gasteiger partial charge in [-0.25, -0.2) is 4.79 Å². The molecule has 0 amide bonds. The monoisotopic (exact) mass is 210 g/mol. The first kappa shape index (κ1) is 15.9. The molecule has 0 spiro atoms. The van der Waals surface area contributed by atoms with E-state index in [9.17, 15) is 9.59 Å². The van der Waals surface area contributed by atoms with Gasteiger partial charge in [0.25, 0.3) is 0 Å². The van der Waals surface area contributed by atoms with E-state index in [-0.39, 0.29) is 11.8 Å². The normalized spacial score (nSPS) is 7.87. The smallest absolute Gasteiger partial charge is 0.333 e. The number of Topliss-reactive ketones (excluding diaryl/α,β-unsaturated/α-hetero) is 1. The Balaban J connectivity index is 0. The molecule has 3 nitrogen and oxygen atoms in total. The second kappa shape index (κ2) is 10.5. The lowest BCUT2D eigenvalue weighted by Crippen LogP contribution is -2.05. The number of unbranched alkanes of at least 4 members (excludes halogenated alkanes) is 1. The molecule has 0 unspecified atom stereocenters. The van der Waals surface area contributed by atoms with Crippen LogP contribution in [0.5, 0.6) is 0 Å². The summed E-state index contributed by atoms with van der Waals surface area (Å²) in [6.07, 6.45) is 6.36. The van der Waals surface area contributed by atoms with Gasteiger partial charge in [0, 0.05) is 12.0 Å². The minimum Gasteiger partial charge on any atom is -0.462 e. The lowest BCUT2D eigenvalue weighted by molar-refractivity contribution is -0.139. The maximum atomic E-state index is 10.7. The number of esters is 1. The minimum absolute atomic E-state index is 0.167. The molecule has 0 aromatic carbocycles. The SMILES string of the molecule is C#CCCCOC(=O)C(=C)C.CC(C)=O. The summed E-state index contributed by atoms with van der Waals surface area (Å²) in [6, 6.07) is 0. The Morgan fingerprint density at radius 3 is 2.13 bits per heavy atom. The van der Waals surface area contributed by atoms with Crippen molar-refractivity contribution in [2.45, 2.75) is 33.6 Å². The third kappa shape index (κ3) is 19.0. The van der Waals surface area contributed by atoms with Crippen molar-refractivity contribution >= 4 is 11.8 Å². The van der Waals surface area contributed by atoms with Crippen LogP contribution in [0.4, 0.5) is 0 Å². The van der Waals surface area contributed by atoms with Gasteiger partial charge in [-0.05, 0) is 27.2 Å². The molecule has 0 fully saturated rings. The molecule has 0 saturated heterocycles. The number of terminal acetylenes is 1. The maximum absolute atomic E-state index is 10.7. The molecule has 0 bridgehead atoms. The lowest BCUT2D eigenvalue weighted by Gasteiger charge is -2.00. The van der Waals surface area contributed by atoms with E-state index < -0.39 is 0 Å². The molecule has 0 aliphatic heterocycles. The summed E-state index contributed by atoms with van der Waals surface area (Å²) in [6.45, 7) is 8.49. The Kier molecular flexibility index (Phi) is 11.1. The van der Waals surface area contributed by atoms with Crippen LogP contribution in [0.2, 0.25) is 0 Å². The molecule has 0 heterocycles. The summed E-state index contributed by atoms with van der Waals surface area (Å²) >= 11 is 0. The predicted octanol–water partition coefficient (Wildman–Crippen LogP) is 2.11. The number of rotatable bonds is 4. The Hall–Kier alpha value is -1.56. The molecule has 0 saturated carbocycles. The lowest BCUT2D eigenvalue weighted by atomic mass is 10.3. The highest BCUT2D eigenvalue weighted by molar-refractivity contribution is 5.86. The Morgan fingerprint density at radius 1 is 1.33 bits per heavy atom. The highest BCUT2D eigenvalue weighted by atomic mass is 16.5. The number of ether oxygens (including phenoxy) is 1. The van der Waals surface area contributed by atoms with E-state index in [0.29, 0.717) is 18.6 Å². The van der Waals surface area contributed by atoms with Gasteiger partial charge in [-0.1, -0.05) is 6.58 Å². The molecular formula is C12H18O3. The van der Waals surface area contributed by atoms with E-state index >= 15 is 0 Å². The molecule has 84 valence electrons. The molecule has 0 atom stereocenters. The van der Waals surface area contributed by atoms with Gasteiger partial charge < -0.3 is 9.53 Å². The van der Waals surface area contributed by atoms with Crippen LogP contribution >= 0.6 is 0 Å². The van der Waals surface area contributed by atoms with Gasteiger partial charge >= 0.3 is 5.97 Å². The summed E-state index contributed by atoms with van der Waals surface area (Å²) in [5.74, 6) is 2.28. The summed E-state index contributed by atoms with van der Waals surface area (Å²) in [7, 11) is 0. The van der Waals surface area contributed by atoms with Gasteiger partial charge in [0.15, 0.2) is 0 Å². The van der Waals surface area contributed by atoms with E-state index in [2.05, 4.69) is 12.5 Å². The van der Waals surface area contributed by atoms with E-state index in [1.165, 1.54) is 13.8 Å². The Morgan fingerprint density at radius 2 is 1.80 bits per heavy atom. The van der Waals surface area contributed by atoms with Gasteiger partial charge in [0.2, 0.25) is 0 Å². The topological polar surface area (TPSA) is 43.4 Å². The van der Waals surface area contributed by atoms with Crippen molar-refractivity contribution in [3.63, 3.8) is 0 Å². The number of ketones is 1. The molecule has 0 aromatic rings. The average molecular weight is 210 g/mol. The van der Waals surface area contributed by atoms with Crippen LogP contribution in [0.25, 0.3) is 0 Å². The summed E-state index contributed by atoms with van der Waals surface area (Å²) < 4.78 is 4.77. The van der Waals surface area contributed by atoms with Gasteiger partial charge in [-0.15, -0.1) is 12.3 Å². The summed E-state index contributed by atoms with van der Waals surface area (Å²) in [4.78, 5) is 20.2. The fraction of sp³-hybridized carbons (Fsp3) is 0.500. The molecule has 0 radical (unpaired) electrons.